The van der Waals surface area contributed by atoms with Crippen LogP contribution in [-0.4, -0.2) is 63.1 Å². The second kappa shape index (κ2) is 12.2. The van der Waals surface area contributed by atoms with Crippen LogP contribution in [0.15, 0.2) is 53.5 Å². The molecule has 8 nitrogen and oxygen atoms in total. The summed E-state index contributed by atoms with van der Waals surface area (Å²) in [6.45, 7) is 0.792. The Morgan fingerprint density at radius 1 is 1.09 bits per heavy atom. The maximum absolute atomic E-state index is 12.6. The lowest BCUT2D eigenvalue weighted by molar-refractivity contribution is -0.140. The summed E-state index contributed by atoms with van der Waals surface area (Å²) < 4.78 is 22.1. The van der Waals surface area contributed by atoms with Crippen LogP contribution in [0.5, 0.6) is 0 Å². The number of rotatable bonds is 10. The Bertz CT molecular complexity index is 1060. The number of nitrogens with one attached hydrogen (secondary N) is 1. The second-order valence-electron chi connectivity index (χ2n) is 8.42. The first-order valence-corrected chi connectivity index (χ1v) is 12.0. The van der Waals surface area contributed by atoms with E-state index < -0.39 is 12.1 Å². The molecule has 2 aromatic carbocycles. The van der Waals surface area contributed by atoms with Gasteiger partial charge >= 0.3 is 5.97 Å². The Morgan fingerprint density at radius 3 is 2.63 bits per heavy atom. The van der Waals surface area contributed by atoms with E-state index in [-0.39, 0.29) is 31.4 Å². The van der Waals surface area contributed by atoms with Gasteiger partial charge in [0.25, 0.3) is 0 Å². The van der Waals surface area contributed by atoms with Gasteiger partial charge in [-0.25, -0.2) is 4.99 Å². The van der Waals surface area contributed by atoms with E-state index in [1.54, 1.807) is 0 Å². The van der Waals surface area contributed by atoms with E-state index >= 15 is 0 Å². The molecular weight excluding hydrogens is 472 g/mol. The molecule has 1 unspecified atom stereocenters. The molecule has 35 heavy (non-hydrogen) atoms. The summed E-state index contributed by atoms with van der Waals surface area (Å²) in [7, 11) is 1.39. The van der Waals surface area contributed by atoms with Crippen molar-refractivity contribution in [3.8, 4) is 0 Å². The SMILES string of the molecule is COC(=O)CCc1ccccc1C[C@@H]1OCO[C@@H]1C1=NC(C(=O)NCCc2ccc(Cl)cc2)CO1. The third-order valence-corrected chi connectivity index (χ3v) is 6.33. The van der Waals surface area contributed by atoms with E-state index in [2.05, 4.69) is 10.3 Å². The van der Waals surface area contributed by atoms with Crippen LogP contribution in [0, 0.1) is 0 Å². The van der Waals surface area contributed by atoms with E-state index in [0.29, 0.717) is 43.1 Å². The van der Waals surface area contributed by atoms with Gasteiger partial charge < -0.3 is 24.3 Å². The van der Waals surface area contributed by atoms with Gasteiger partial charge in [0.05, 0.1) is 13.2 Å². The van der Waals surface area contributed by atoms with Crippen molar-refractivity contribution in [1.82, 2.24) is 5.32 Å². The van der Waals surface area contributed by atoms with Crippen LogP contribution in [0.1, 0.15) is 23.1 Å². The number of benzene rings is 2. The Morgan fingerprint density at radius 2 is 1.86 bits per heavy atom. The average Bonchev–Trinajstić information content (AvgIpc) is 3.54. The number of hydrogen-bond donors (Lipinski definition) is 1. The van der Waals surface area contributed by atoms with Gasteiger partial charge in [-0.3, -0.25) is 9.59 Å². The summed E-state index contributed by atoms with van der Waals surface area (Å²) in [5, 5.41) is 3.60. The minimum Gasteiger partial charge on any atom is -0.476 e. The monoisotopic (exact) mass is 500 g/mol. The van der Waals surface area contributed by atoms with Gasteiger partial charge in [-0.1, -0.05) is 48.0 Å². The summed E-state index contributed by atoms with van der Waals surface area (Å²) in [6.07, 6.45) is 1.36. The highest BCUT2D eigenvalue weighted by molar-refractivity contribution is 6.30. The molecule has 0 spiro atoms. The van der Waals surface area contributed by atoms with Gasteiger partial charge in [-0.05, 0) is 41.7 Å². The fourth-order valence-electron chi connectivity index (χ4n) is 4.13. The van der Waals surface area contributed by atoms with Crippen LogP contribution >= 0.6 is 11.6 Å². The van der Waals surface area contributed by atoms with E-state index in [9.17, 15) is 9.59 Å². The van der Waals surface area contributed by atoms with E-state index in [4.69, 9.17) is 30.5 Å². The second-order valence-corrected chi connectivity index (χ2v) is 8.86. The topological polar surface area (TPSA) is 95.5 Å². The maximum Gasteiger partial charge on any atom is 0.305 e. The molecule has 1 N–H and O–H groups in total. The molecule has 2 aromatic rings. The minimum absolute atomic E-state index is 0.125. The number of carbonyl (C=O) groups excluding carboxylic acids is 2. The molecule has 0 bridgehead atoms. The average molecular weight is 501 g/mol. The Balaban J connectivity index is 1.32. The van der Waals surface area contributed by atoms with Crippen LogP contribution < -0.4 is 5.32 Å². The molecule has 1 amide bonds. The van der Waals surface area contributed by atoms with Crippen molar-refractivity contribution in [2.24, 2.45) is 4.99 Å². The van der Waals surface area contributed by atoms with E-state index in [1.165, 1.54) is 7.11 Å². The zero-order valence-electron chi connectivity index (χ0n) is 19.6. The van der Waals surface area contributed by atoms with Gasteiger partial charge in [0.15, 0.2) is 12.1 Å². The van der Waals surface area contributed by atoms with Crippen LogP contribution in [0.2, 0.25) is 5.02 Å². The lowest BCUT2D eigenvalue weighted by Crippen LogP contribution is -2.35. The number of ether oxygens (including phenoxy) is 4. The minimum atomic E-state index is -0.618. The number of amides is 1. The molecule has 1 saturated heterocycles. The summed E-state index contributed by atoms with van der Waals surface area (Å²) in [5.74, 6) is -0.0423. The molecule has 1 fully saturated rings. The van der Waals surface area contributed by atoms with Crippen molar-refractivity contribution < 1.29 is 28.5 Å². The molecule has 4 rings (SSSR count). The van der Waals surface area contributed by atoms with E-state index in [1.807, 2.05) is 48.5 Å². The summed E-state index contributed by atoms with van der Waals surface area (Å²) >= 11 is 5.91. The largest absolute Gasteiger partial charge is 0.476 e. The van der Waals surface area contributed by atoms with Crippen molar-refractivity contribution in [1.29, 1.82) is 0 Å². The summed E-state index contributed by atoms with van der Waals surface area (Å²) in [4.78, 5) is 28.6. The van der Waals surface area contributed by atoms with Crippen molar-refractivity contribution in [2.45, 2.75) is 43.9 Å². The number of methoxy groups -OCH3 is 1. The highest BCUT2D eigenvalue weighted by Crippen LogP contribution is 2.24. The van der Waals surface area contributed by atoms with Gasteiger partial charge in [-0.2, -0.15) is 0 Å². The smallest absolute Gasteiger partial charge is 0.305 e. The molecule has 0 aromatic heterocycles. The number of aliphatic imine (C=N–C) groups is 1. The van der Waals surface area contributed by atoms with E-state index in [0.717, 1.165) is 16.7 Å². The molecule has 186 valence electrons. The maximum atomic E-state index is 12.6. The number of esters is 1. The third-order valence-electron chi connectivity index (χ3n) is 6.08. The lowest BCUT2D eigenvalue weighted by Gasteiger charge is -2.18. The normalized spacial score (nSPS) is 21.3. The van der Waals surface area contributed by atoms with Crippen molar-refractivity contribution in [2.75, 3.05) is 27.1 Å². The number of halogens is 1. The van der Waals surface area contributed by atoms with Crippen LogP contribution in [0.3, 0.4) is 0 Å². The van der Waals surface area contributed by atoms with Crippen molar-refractivity contribution in [3.63, 3.8) is 0 Å². The van der Waals surface area contributed by atoms with Crippen LogP contribution in [-0.2, 0) is 47.8 Å². The van der Waals surface area contributed by atoms with Gasteiger partial charge in [-0.15, -0.1) is 0 Å². The van der Waals surface area contributed by atoms with Gasteiger partial charge in [0.1, 0.15) is 13.4 Å². The molecule has 2 heterocycles. The highest BCUT2D eigenvalue weighted by atomic mass is 35.5. The Hall–Kier alpha value is -2.94. The third kappa shape index (κ3) is 6.81. The number of aryl methyl sites for hydroxylation is 1. The highest BCUT2D eigenvalue weighted by Gasteiger charge is 2.39. The number of nitrogens with zero attached hydrogens (tertiary/aromatic N) is 1. The zero-order chi connectivity index (χ0) is 24.6. The summed E-state index contributed by atoms with van der Waals surface area (Å²) in [6, 6.07) is 14.8. The Labute approximate surface area is 209 Å². The standard InChI is InChI=1S/C26H29ClN2O6/c1-32-23(30)11-8-18-4-2-3-5-19(18)14-22-24(35-16-34-22)26-29-21(15-33-26)25(31)28-13-12-17-6-9-20(27)10-7-17/h2-7,9-10,21-22,24H,8,11-16H2,1H3,(H,28,31)/t21?,22-,24-/m0/s1. The molecular formula is C26H29ClN2O6. The number of carbonyl (C=O) groups is 2. The van der Waals surface area contributed by atoms with Crippen LogP contribution in [0.25, 0.3) is 0 Å². The zero-order valence-corrected chi connectivity index (χ0v) is 20.3. The first-order chi connectivity index (χ1) is 17.0. The first-order valence-electron chi connectivity index (χ1n) is 11.6. The quantitative estimate of drug-likeness (QED) is 0.504. The molecule has 9 heteroatoms. The number of hydrogen-bond acceptors (Lipinski definition) is 7. The van der Waals surface area contributed by atoms with Crippen molar-refractivity contribution in [3.05, 3.63) is 70.2 Å². The first kappa shape index (κ1) is 25.2. The Kier molecular flexibility index (Phi) is 8.74. The fourth-order valence-corrected chi connectivity index (χ4v) is 4.25. The fraction of sp³-hybridized carbons (Fsp3) is 0.423. The molecule has 0 aliphatic carbocycles. The molecule has 0 radical (unpaired) electrons. The lowest BCUT2D eigenvalue weighted by atomic mass is 9.96. The van der Waals surface area contributed by atoms with Crippen molar-refractivity contribution >= 4 is 29.4 Å². The van der Waals surface area contributed by atoms with Gasteiger partial charge in [0.2, 0.25) is 11.8 Å². The molecule has 2 aliphatic rings. The summed E-state index contributed by atoms with van der Waals surface area (Å²) in [5.41, 5.74) is 3.21. The molecule has 2 aliphatic heterocycles. The molecule has 3 atom stereocenters. The predicted molar refractivity (Wildman–Crippen MR) is 130 cm³/mol. The molecule has 0 saturated carbocycles. The van der Waals surface area contributed by atoms with Gasteiger partial charge in [0, 0.05) is 24.4 Å². The predicted octanol–water partition coefficient (Wildman–Crippen LogP) is 2.89. The van der Waals surface area contributed by atoms with Crippen LogP contribution in [0.4, 0.5) is 0 Å².